The Morgan fingerprint density at radius 1 is 1.19 bits per heavy atom. The lowest BCUT2D eigenvalue weighted by molar-refractivity contribution is -0.157. The van der Waals surface area contributed by atoms with Gasteiger partial charge in [-0.1, -0.05) is 13.8 Å². The number of hydrogen-bond acceptors (Lipinski definition) is 10. The summed E-state index contributed by atoms with van der Waals surface area (Å²) >= 11 is 0. The number of carbonyl (C=O) groups excluding carboxylic acids is 2. The summed E-state index contributed by atoms with van der Waals surface area (Å²) in [7, 11) is 1.68. The highest BCUT2D eigenvalue weighted by Gasteiger charge is 2.17. The molecule has 0 aliphatic carbocycles. The van der Waals surface area contributed by atoms with Gasteiger partial charge in [0.05, 0.1) is 6.33 Å². The van der Waals surface area contributed by atoms with Crippen molar-refractivity contribution >= 4 is 34.9 Å². The van der Waals surface area contributed by atoms with Crippen molar-refractivity contribution in [2.75, 3.05) is 31.3 Å². The number of esters is 2. The molecule has 0 spiro atoms. The normalized spacial score (nSPS) is 11.0. The lowest BCUT2D eigenvalue weighted by Crippen LogP contribution is -2.29. The van der Waals surface area contributed by atoms with Gasteiger partial charge < -0.3 is 25.3 Å². The summed E-state index contributed by atoms with van der Waals surface area (Å²) in [5.74, 6) is -0.129. The Balaban J connectivity index is 2.08. The van der Waals surface area contributed by atoms with Crippen molar-refractivity contribution in [3.05, 3.63) is 6.33 Å². The Morgan fingerprint density at radius 2 is 1.81 bits per heavy atom. The minimum atomic E-state index is -0.628. The molecule has 0 aromatic carbocycles. The minimum absolute atomic E-state index is 0.0326. The summed E-state index contributed by atoms with van der Waals surface area (Å²) in [5, 5.41) is 2.82. The third kappa shape index (κ3) is 5.51. The maximum absolute atomic E-state index is 11.4. The zero-order chi connectivity index (χ0) is 19.8. The smallest absolute Gasteiger partial charge is 0.305 e. The number of nitrogen functional groups attached to an aromatic ring is 1. The molecule has 3 N–H and O–H groups in total. The van der Waals surface area contributed by atoms with E-state index in [0.717, 1.165) is 0 Å². The first-order chi connectivity index (χ1) is 13.0. The Labute approximate surface area is 156 Å². The zero-order valence-electron chi connectivity index (χ0n) is 15.6. The van der Waals surface area contributed by atoms with Crippen molar-refractivity contribution in [3.63, 3.8) is 0 Å². The van der Waals surface area contributed by atoms with E-state index in [-0.39, 0.29) is 50.5 Å². The molecule has 27 heavy (non-hydrogen) atoms. The molecule has 0 amide bonds. The van der Waals surface area contributed by atoms with Crippen LogP contribution in [-0.4, -0.2) is 57.8 Å². The van der Waals surface area contributed by atoms with Gasteiger partial charge in [0.2, 0.25) is 5.95 Å². The first-order valence-electron chi connectivity index (χ1n) is 8.57. The molecule has 2 heterocycles. The number of nitrogens with zero attached hydrogens (tertiary/aromatic N) is 4. The lowest BCUT2D eigenvalue weighted by atomic mass is 10.4. The third-order valence-corrected chi connectivity index (χ3v) is 3.60. The van der Waals surface area contributed by atoms with Crippen LogP contribution < -0.4 is 11.1 Å². The molecular weight excluding hydrogens is 356 g/mol. The van der Waals surface area contributed by atoms with Crippen molar-refractivity contribution in [1.29, 1.82) is 0 Å². The van der Waals surface area contributed by atoms with Gasteiger partial charge in [-0.25, -0.2) is 4.98 Å². The first-order valence-corrected chi connectivity index (χ1v) is 8.57. The highest BCUT2D eigenvalue weighted by atomic mass is 16.6. The van der Waals surface area contributed by atoms with Crippen LogP contribution in [0.4, 0.5) is 11.8 Å². The summed E-state index contributed by atoms with van der Waals surface area (Å²) in [5.41, 5.74) is 6.81. The van der Waals surface area contributed by atoms with E-state index in [1.54, 1.807) is 25.5 Å². The summed E-state index contributed by atoms with van der Waals surface area (Å²) in [6.45, 7) is 3.37. The number of nitrogens with two attached hydrogens (primary N) is 1. The molecule has 0 atom stereocenters. The van der Waals surface area contributed by atoms with Crippen molar-refractivity contribution in [3.8, 4) is 0 Å². The quantitative estimate of drug-likeness (QED) is 0.565. The predicted molar refractivity (Wildman–Crippen MR) is 96.7 cm³/mol. The Bertz CT molecular complexity index is 773. The van der Waals surface area contributed by atoms with Gasteiger partial charge in [0.1, 0.15) is 31.6 Å². The second-order valence-corrected chi connectivity index (χ2v) is 5.56. The predicted octanol–water partition coefficient (Wildman–Crippen LogP) is 0.699. The van der Waals surface area contributed by atoms with E-state index in [2.05, 4.69) is 20.3 Å². The number of carbonyl (C=O) groups is 2. The van der Waals surface area contributed by atoms with Crippen molar-refractivity contribution in [2.24, 2.45) is 0 Å². The average Bonchev–Trinajstić information content (AvgIpc) is 3.10. The number of nitrogens with one attached hydrogen (secondary N) is 1. The van der Waals surface area contributed by atoms with Gasteiger partial charge in [0, 0.05) is 19.9 Å². The van der Waals surface area contributed by atoms with E-state index in [9.17, 15) is 9.59 Å². The molecule has 2 aromatic heterocycles. The molecule has 0 unspecified atom stereocenters. The maximum atomic E-state index is 11.4. The van der Waals surface area contributed by atoms with Crippen LogP contribution in [0, 0.1) is 0 Å². The zero-order valence-corrected chi connectivity index (χ0v) is 15.6. The van der Waals surface area contributed by atoms with Crippen LogP contribution in [-0.2, 0) is 30.5 Å². The van der Waals surface area contributed by atoms with E-state index in [1.807, 2.05) is 0 Å². The fraction of sp³-hybridized carbons (Fsp3) is 0.562. The highest BCUT2D eigenvalue weighted by molar-refractivity contribution is 5.82. The molecule has 0 radical (unpaired) electrons. The number of ether oxygens (including phenoxy) is 3. The van der Waals surface area contributed by atoms with Crippen molar-refractivity contribution < 1.29 is 23.8 Å². The lowest BCUT2D eigenvalue weighted by Gasteiger charge is -2.18. The minimum Gasteiger partial charge on any atom is -0.463 e. The fourth-order valence-corrected chi connectivity index (χ4v) is 2.08. The average molecular weight is 380 g/mol. The van der Waals surface area contributed by atoms with E-state index in [4.69, 9.17) is 19.9 Å². The molecular formula is C16H24N6O5. The number of anilines is 2. The summed E-state index contributed by atoms with van der Waals surface area (Å²) in [4.78, 5) is 35.3. The summed E-state index contributed by atoms with van der Waals surface area (Å²) in [6.07, 6.45) is 1.38. The topological polar surface area (TPSA) is 143 Å². The molecule has 0 fully saturated rings. The summed E-state index contributed by atoms with van der Waals surface area (Å²) in [6, 6.07) is 0. The first kappa shape index (κ1) is 20.4. The second kappa shape index (κ2) is 9.67. The third-order valence-electron chi connectivity index (χ3n) is 3.60. The molecule has 148 valence electrons. The van der Waals surface area contributed by atoms with E-state index >= 15 is 0 Å². The van der Waals surface area contributed by atoms with Gasteiger partial charge in [-0.05, 0) is 0 Å². The largest absolute Gasteiger partial charge is 0.463 e. The molecule has 11 heteroatoms. The van der Waals surface area contributed by atoms with Crippen LogP contribution in [0.1, 0.15) is 26.7 Å². The number of aromatic nitrogens is 4. The van der Waals surface area contributed by atoms with E-state index in [0.29, 0.717) is 17.1 Å². The highest BCUT2D eigenvalue weighted by Crippen LogP contribution is 2.18. The Morgan fingerprint density at radius 3 is 2.37 bits per heavy atom. The van der Waals surface area contributed by atoms with Gasteiger partial charge in [-0.3, -0.25) is 14.2 Å². The van der Waals surface area contributed by atoms with Gasteiger partial charge in [-0.15, -0.1) is 0 Å². The van der Waals surface area contributed by atoms with E-state index < -0.39 is 6.10 Å². The molecule has 0 saturated carbocycles. The van der Waals surface area contributed by atoms with Crippen LogP contribution in [0.25, 0.3) is 11.2 Å². The van der Waals surface area contributed by atoms with Crippen molar-refractivity contribution in [2.45, 2.75) is 39.5 Å². The SMILES string of the molecule is CCC(=O)OCC(COC(=O)CC)OCn1cnc2c(N)nc(NC)nc21. The second-order valence-electron chi connectivity index (χ2n) is 5.56. The van der Waals surface area contributed by atoms with Crippen LogP contribution in [0.2, 0.25) is 0 Å². The fourth-order valence-electron chi connectivity index (χ4n) is 2.08. The monoisotopic (exact) mass is 380 g/mol. The van der Waals surface area contributed by atoms with Crippen LogP contribution in [0.15, 0.2) is 6.33 Å². The van der Waals surface area contributed by atoms with Crippen LogP contribution in [0.3, 0.4) is 0 Å². The van der Waals surface area contributed by atoms with Gasteiger partial charge in [-0.2, -0.15) is 9.97 Å². The van der Waals surface area contributed by atoms with Gasteiger partial charge in [0.25, 0.3) is 0 Å². The van der Waals surface area contributed by atoms with Crippen LogP contribution in [0.5, 0.6) is 0 Å². The maximum Gasteiger partial charge on any atom is 0.305 e. The number of fused-ring (bicyclic) bond motifs is 1. The standard InChI is InChI=1S/C16H24N6O5/c1-4-11(23)25-6-10(7-26-12(24)5-2)27-9-22-8-19-13-14(17)20-16(18-3)21-15(13)22/h8,10H,4-7,9H2,1-3H3,(H3,17,18,20,21). The molecule has 0 saturated heterocycles. The summed E-state index contributed by atoms with van der Waals surface area (Å²) < 4.78 is 17.6. The molecule has 2 aromatic rings. The number of hydrogen-bond donors (Lipinski definition) is 2. The van der Waals surface area contributed by atoms with Crippen LogP contribution >= 0.6 is 0 Å². The molecule has 0 aliphatic rings. The Kier molecular flexibility index (Phi) is 7.29. The van der Waals surface area contributed by atoms with Gasteiger partial charge >= 0.3 is 11.9 Å². The number of imidazole rings is 1. The Hall–Kier alpha value is -2.95. The van der Waals surface area contributed by atoms with Crippen molar-refractivity contribution in [1.82, 2.24) is 19.5 Å². The molecule has 2 rings (SSSR count). The molecule has 0 aliphatic heterocycles. The molecule has 0 bridgehead atoms. The van der Waals surface area contributed by atoms with Gasteiger partial charge in [0.15, 0.2) is 11.5 Å². The molecule has 11 nitrogen and oxygen atoms in total. The van der Waals surface area contributed by atoms with E-state index in [1.165, 1.54) is 6.33 Å². The number of rotatable bonds is 10.